The van der Waals surface area contributed by atoms with Crippen molar-refractivity contribution in [3.05, 3.63) is 59.7 Å². The van der Waals surface area contributed by atoms with Gasteiger partial charge < -0.3 is 8.98 Å². The maximum absolute atomic E-state index is 9.03. The Morgan fingerprint density at radius 1 is 1.03 bits per heavy atom. The molecular weight excluding hydrogens is 360 g/mol. The molecule has 4 aromatic rings. The maximum atomic E-state index is 9.03. The Hall–Kier alpha value is -3.13. The van der Waals surface area contributed by atoms with Crippen molar-refractivity contribution in [2.45, 2.75) is 57.4 Å². The smallest absolute Gasteiger partial charge is 0.203 e. The lowest BCUT2D eigenvalue weighted by molar-refractivity contribution is 0.444. The minimum Gasteiger partial charge on any atom is -0.440 e. The van der Waals surface area contributed by atoms with E-state index in [9.17, 15) is 0 Å². The van der Waals surface area contributed by atoms with Gasteiger partial charge in [-0.15, -0.1) is 0 Å². The van der Waals surface area contributed by atoms with Crippen LogP contribution < -0.4 is 0 Å². The molecule has 0 amide bonds. The number of imidazole rings is 1. The first-order chi connectivity index (χ1) is 14.3. The van der Waals surface area contributed by atoms with Gasteiger partial charge in [0.05, 0.1) is 29.9 Å². The van der Waals surface area contributed by atoms with Gasteiger partial charge in [0.25, 0.3) is 0 Å². The summed E-state index contributed by atoms with van der Waals surface area (Å²) in [5.74, 6) is 2.22. The van der Waals surface area contributed by atoms with Crippen LogP contribution in [0, 0.1) is 11.3 Å². The number of fused-ring (bicyclic) bond motifs is 2. The van der Waals surface area contributed by atoms with Crippen molar-refractivity contribution in [2.24, 2.45) is 0 Å². The molecule has 0 unspecified atom stereocenters. The average Bonchev–Trinajstić information content (AvgIpc) is 3.32. The highest BCUT2D eigenvalue weighted by Gasteiger charge is 2.18. The van der Waals surface area contributed by atoms with E-state index in [1.807, 2.05) is 24.3 Å². The molecule has 0 spiro atoms. The van der Waals surface area contributed by atoms with E-state index in [1.54, 1.807) is 0 Å². The summed E-state index contributed by atoms with van der Waals surface area (Å²) in [5, 5.41) is 9.03. The van der Waals surface area contributed by atoms with E-state index in [2.05, 4.69) is 28.8 Å². The Morgan fingerprint density at radius 2 is 1.90 bits per heavy atom. The standard InChI is InChI=1S/C24H24N4O/c25-13-6-14-28-21-10-5-4-9-19(21)26-23(28)16-24-27-20-15-18(11-12-22(20)29-24)17-7-2-1-3-8-17/h4-5,9-12,15,17H,1-3,6-8,14,16H2. The number of aryl methyl sites for hydroxylation is 1. The number of nitrogens with zero attached hydrogens (tertiary/aromatic N) is 4. The third kappa shape index (κ3) is 3.51. The molecule has 0 saturated heterocycles. The zero-order valence-corrected chi connectivity index (χ0v) is 16.5. The molecule has 146 valence electrons. The fourth-order valence-corrected chi connectivity index (χ4v) is 4.56. The van der Waals surface area contributed by atoms with Crippen molar-refractivity contribution in [3.63, 3.8) is 0 Å². The third-order valence-corrected chi connectivity index (χ3v) is 6.02. The second-order valence-corrected chi connectivity index (χ2v) is 7.92. The highest BCUT2D eigenvalue weighted by atomic mass is 16.3. The lowest BCUT2D eigenvalue weighted by Gasteiger charge is -2.21. The van der Waals surface area contributed by atoms with Gasteiger partial charge in [0.15, 0.2) is 5.58 Å². The van der Waals surface area contributed by atoms with Gasteiger partial charge in [-0.1, -0.05) is 37.5 Å². The van der Waals surface area contributed by atoms with Gasteiger partial charge in [0.1, 0.15) is 11.3 Å². The van der Waals surface area contributed by atoms with E-state index in [0.29, 0.717) is 31.2 Å². The minimum atomic E-state index is 0.450. The van der Waals surface area contributed by atoms with Crippen LogP contribution in [0.4, 0.5) is 0 Å². The molecule has 1 fully saturated rings. The predicted molar refractivity (Wildman–Crippen MR) is 113 cm³/mol. The summed E-state index contributed by atoms with van der Waals surface area (Å²) >= 11 is 0. The molecule has 5 heteroatoms. The van der Waals surface area contributed by atoms with Gasteiger partial charge in [0.2, 0.25) is 5.89 Å². The Bertz CT molecular complexity index is 1190. The molecule has 1 saturated carbocycles. The number of nitriles is 1. The van der Waals surface area contributed by atoms with E-state index in [-0.39, 0.29) is 0 Å². The number of oxazole rings is 1. The zero-order valence-electron chi connectivity index (χ0n) is 16.5. The first kappa shape index (κ1) is 17.9. The van der Waals surface area contributed by atoms with Crippen molar-refractivity contribution in [2.75, 3.05) is 0 Å². The molecule has 0 bridgehead atoms. The Labute approximate surface area is 170 Å². The summed E-state index contributed by atoms with van der Waals surface area (Å²) < 4.78 is 8.15. The second-order valence-electron chi connectivity index (χ2n) is 7.92. The zero-order chi connectivity index (χ0) is 19.6. The van der Waals surface area contributed by atoms with Crippen LogP contribution in [0.2, 0.25) is 0 Å². The second kappa shape index (κ2) is 7.71. The van der Waals surface area contributed by atoms with Crippen LogP contribution in [0.25, 0.3) is 22.1 Å². The SMILES string of the molecule is N#CCCn1c(Cc2nc3cc(C4CCCCC4)ccc3o2)nc2ccccc21. The van der Waals surface area contributed by atoms with Crippen LogP contribution >= 0.6 is 0 Å². The third-order valence-electron chi connectivity index (χ3n) is 6.02. The summed E-state index contributed by atoms with van der Waals surface area (Å²) in [4.78, 5) is 9.55. The van der Waals surface area contributed by atoms with E-state index < -0.39 is 0 Å². The van der Waals surface area contributed by atoms with Gasteiger partial charge in [-0.05, 0) is 48.6 Å². The van der Waals surface area contributed by atoms with E-state index >= 15 is 0 Å². The molecule has 2 aromatic carbocycles. The molecule has 5 nitrogen and oxygen atoms in total. The molecule has 29 heavy (non-hydrogen) atoms. The minimum absolute atomic E-state index is 0.450. The number of benzene rings is 2. The first-order valence-corrected chi connectivity index (χ1v) is 10.5. The molecule has 2 heterocycles. The summed E-state index contributed by atoms with van der Waals surface area (Å²) in [6.07, 6.45) is 7.54. The monoisotopic (exact) mass is 384 g/mol. The van der Waals surface area contributed by atoms with E-state index in [1.165, 1.54) is 37.7 Å². The van der Waals surface area contributed by atoms with Crippen molar-refractivity contribution in [3.8, 4) is 6.07 Å². The van der Waals surface area contributed by atoms with E-state index in [4.69, 9.17) is 19.6 Å². The Kier molecular flexibility index (Phi) is 4.77. The van der Waals surface area contributed by atoms with Crippen LogP contribution in [-0.2, 0) is 13.0 Å². The fourth-order valence-electron chi connectivity index (χ4n) is 4.56. The predicted octanol–water partition coefficient (Wildman–Crippen LogP) is 5.73. The van der Waals surface area contributed by atoms with Crippen LogP contribution in [0.15, 0.2) is 46.9 Å². The molecule has 0 N–H and O–H groups in total. The molecule has 0 atom stereocenters. The Morgan fingerprint density at radius 3 is 2.76 bits per heavy atom. The molecule has 0 radical (unpaired) electrons. The summed E-state index contributed by atoms with van der Waals surface area (Å²) in [7, 11) is 0. The summed E-state index contributed by atoms with van der Waals surface area (Å²) in [6, 6.07) is 16.7. The molecule has 5 rings (SSSR count). The van der Waals surface area contributed by atoms with Crippen LogP contribution in [0.3, 0.4) is 0 Å². The quantitative estimate of drug-likeness (QED) is 0.441. The number of para-hydroxylation sites is 2. The Balaban J connectivity index is 1.46. The highest BCUT2D eigenvalue weighted by molar-refractivity contribution is 5.76. The van der Waals surface area contributed by atoms with E-state index in [0.717, 1.165) is 28.0 Å². The molecule has 1 aliphatic carbocycles. The van der Waals surface area contributed by atoms with Crippen molar-refractivity contribution < 1.29 is 4.42 Å². The largest absolute Gasteiger partial charge is 0.440 e. The van der Waals surface area contributed by atoms with Crippen LogP contribution in [-0.4, -0.2) is 14.5 Å². The summed E-state index contributed by atoms with van der Waals surface area (Å²) in [5.41, 5.74) is 5.14. The number of hydrogen-bond acceptors (Lipinski definition) is 4. The van der Waals surface area contributed by atoms with Gasteiger partial charge in [-0.2, -0.15) is 5.26 Å². The first-order valence-electron chi connectivity index (χ1n) is 10.5. The average molecular weight is 384 g/mol. The summed E-state index contributed by atoms with van der Waals surface area (Å²) in [6.45, 7) is 0.623. The van der Waals surface area contributed by atoms with Crippen LogP contribution in [0.5, 0.6) is 0 Å². The molecule has 1 aliphatic rings. The number of rotatable bonds is 5. The highest BCUT2D eigenvalue weighted by Crippen LogP contribution is 2.34. The normalized spacial score (nSPS) is 15.1. The van der Waals surface area contributed by atoms with Crippen molar-refractivity contribution >= 4 is 22.1 Å². The molecule has 2 aromatic heterocycles. The lowest BCUT2D eigenvalue weighted by atomic mass is 9.84. The van der Waals surface area contributed by atoms with Crippen molar-refractivity contribution in [1.29, 1.82) is 5.26 Å². The topological polar surface area (TPSA) is 67.6 Å². The van der Waals surface area contributed by atoms with Gasteiger partial charge in [-0.25, -0.2) is 9.97 Å². The maximum Gasteiger partial charge on any atom is 0.203 e. The number of hydrogen-bond donors (Lipinski definition) is 0. The lowest BCUT2D eigenvalue weighted by Crippen LogP contribution is -2.04. The van der Waals surface area contributed by atoms with Crippen LogP contribution in [0.1, 0.15) is 61.7 Å². The van der Waals surface area contributed by atoms with Gasteiger partial charge in [-0.3, -0.25) is 0 Å². The molecule has 0 aliphatic heterocycles. The van der Waals surface area contributed by atoms with Gasteiger partial charge >= 0.3 is 0 Å². The number of aromatic nitrogens is 3. The van der Waals surface area contributed by atoms with Gasteiger partial charge in [0, 0.05) is 6.54 Å². The molecular formula is C24H24N4O. The van der Waals surface area contributed by atoms with Crippen molar-refractivity contribution in [1.82, 2.24) is 14.5 Å². The fraction of sp³-hybridized carbons (Fsp3) is 0.375.